The summed E-state index contributed by atoms with van der Waals surface area (Å²) < 4.78 is 0. The first-order valence-corrected chi connectivity index (χ1v) is 9.83. The molecule has 1 amide bonds. The van der Waals surface area contributed by atoms with Crippen LogP contribution in [-0.2, 0) is 4.79 Å². The van der Waals surface area contributed by atoms with Gasteiger partial charge in [0.15, 0.2) is 0 Å². The predicted octanol–water partition coefficient (Wildman–Crippen LogP) is 5.13. The van der Waals surface area contributed by atoms with Gasteiger partial charge in [-0.05, 0) is 32.1 Å². The quantitative estimate of drug-likeness (QED) is 0.287. The minimum atomic E-state index is -0.0573. The van der Waals surface area contributed by atoms with E-state index in [0.29, 0.717) is 0 Å². The SMILES string of the molecule is CCCCCCCC/C=C\CCCCCCCNC(=O)CCO. The van der Waals surface area contributed by atoms with Crippen molar-refractivity contribution in [1.29, 1.82) is 0 Å². The standard InChI is InChI=1S/C20H39NO2/c1-2-3-4-5-6-7-8-9-10-11-12-13-14-15-16-18-21-20(23)17-19-22/h9-10,22H,2-8,11-19H2,1H3,(H,21,23)/b10-9-. The third-order valence-corrected chi connectivity index (χ3v) is 4.10. The molecule has 0 aromatic heterocycles. The van der Waals surface area contributed by atoms with Crippen molar-refractivity contribution < 1.29 is 9.90 Å². The number of aliphatic hydroxyl groups excluding tert-OH is 1. The largest absolute Gasteiger partial charge is 0.396 e. The summed E-state index contributed by atoms with van der Waals surface area (Å²) >= 11 is 0. The van der Waals surface area contributed by atoms with Crippen LogP contribution in [0.25, 0.3) is 0 Å². The van der Waals surface area contributed by atoms with Crippen molar-refractivity contribution in [3.63, 3.8) is 0 Å². The number of hydrogen-bond acceptors (Lipinski definition) is 2. The van der Waals surface area contributed by atoms with Crippen LogP contribution in [0.4, 0.5) is 0 Å². The van der Waals surface area contributed by atoms with Crippen LogP contribution < -0.4 is 5.32 Å². The molecule has 23 heavy (non-hydrogen) atoms. The molecule has 0 aliphatic carbocycles. The van der Waals surface area contributed by atoms with Crippen LogP contribution in [0.3, 0.4) is 0 Å². The highest BCUT2D eigenvalue weighted by molar-refractivity contribution is 5.75. The molecular formula is C20H39NO2. The Labute approximate surface area is 143 Å². The van der Waals surface area contributed by atoms with E-state index in [4.69, 9.17) is 5.11 Å². The van der Waals surface area contributed by atoms with Gasteiger partial charge in [-0.2, -0.15) is 0 Å². The fourth-order valence-electron chi connectivity index (χ4n) is 2.61. The first-order valence-electron chi connectivity index (χ1n) is 9.83. The van der Waals surface area contributed by atoms with E-state index in [2.05, 4.69) is 24.4 Å². The smallest absolute Gasteiger partial charge is 0.222 e. The van der Waals surface area contributed by atoms with Crippen molar-refractivity contribution >= 4 is 5.91 Å². The van der Waals surface area contributed by atoms with Crippen LogP contribution in [0.5, 0.6) is 0 Å². The second kappa shape index (κ2) is 19.2. The Morgan fingerprint density at radius 3 is 1.91 bits per heavy atom. The van der Waals surface area contributed by atoms with Crippen molar-refractivity contribution in [3.05, 3.63) is 12.2 Å². The summed E-state index contributed by atoms with van der Waals surface area (Å²) in [6.45, 7) is 2.95. The summed E-state index contributed by atoms with van der Waals surface area (Å²) in [4.78, 5) is 11.1. The molecule has 0 bridgehead atoms. The first kappa shape index (κ1) is 22.2. The van der Waals surface area contributed by atoms with E-state index in [0.717, 1.165) is 13.0 Å². The molecule has 0 unspecified atom stereocenters. The second-order valence-electron chi connectivity index (χ2n) is 6.41. The van der Waals surface area contributed by atoms with Crippen LogP contribution in [0.2, 0.25) is 0 Å². The zero-order valence-electron chi connectivity index (χ0n) is 15.3. The maximum absolute atomic E-state index is 11.1. The van der Waals surface area contributed by atoms with E-state index in [1.807, 2.05) is 0 Å². The highest BCUT2D eigenvalue weighted by atomic mass is 16.3. The Morgan fingerprint density at radius 2 is 1.35 bits per heavy atom. The van der Waals surface area contributed by atoms with E-state index in [-0.39, 0.29) is 18.9 Å². The van der Waals surface area contributed by atoms with Gasteiger partial charge in [-0.15, -0.1) is 0 Å². The van der Waals surface area contributed by atoms with Crippen LogP contribution in [-0.4, -0.2) is 24.2 Å². The van der Waals surface area contributed by atoms with Crippen molar-refractivity contribution in [2.75, 3.05) is 13.2 Å². The normalized spacial score (nSPS) is 11.2. The molecule has 0 spiro atoms. The molecular weight excluding hydrogens is 286 g/mol. The van der Waals surface area contributed by atoms with Gasteiger partial charge in [-0.1, -0.05) is 70.4 Å². The van der Waals surface area contributed by atoms with Crippen LogP contribution in [0.15, 0.2) is 12.2 Å². The molecule has 0 saturated carbocycles. The number of nitrogens with one attached hydrogen (secondary N) is 1. The van der Waals surface area contributed by atoms with E-state index in [1.165, 1.54) is 77.0 Å². The highest BCUT2D eigenvalue weighted by Crippen LogP contribution is 2.09. The lowest BCUT2D eigenvalue weighted by atomic mass is 10.1. The highest BCUT2D eigenvalue weighted by Gasteiger charge is 1.97. The molecule has 0 rings (SSSR count). The van der Waals surface area contributed by atoms with Crippen molar-refractivity contribution in [2.24, 2.45) is 0 Å². The van der Waals surface area contributed by atoms with Gasteiger partial charge >= 0.3 is 0 Å². The number of amides is 1. The molecule has 0 aromatic carbocycles. The zero-order chi connectivity index (χ0) is 17.0. The lowest BCUT2D eigenvalue weighted by Crippen LogP contribution is -2.24. The molecule has 3 heteroatoms. The Bertz CT molecular complexity index is 277. The molecule has 0 aromatic rings. The Balaban J connectivity index is 3.12. The molecule has 0 aliphatic rings. The third-order valence-electron chi connectivity index (χ3n) is 4.10. The average molecular weight is 326 g/mol. The van der Waals surface area contributed by atoms with E-state index < -0.39 is 0 Å². The van der Waals surface area contributed by atoms with Gasteiger partial charge in [0.1, 0.15) is 0 Å². The van der Waals surface area contributed by atoms with Gasteiger partial charge in [0, 0.05) is 13.0 Å². The molecule has 3 nitrogen and oxygen atoms in total. The van der Waals surface area contributed by atoms with Crippen molar-refractivity contribution in [1.82, 2.24) is 5.32 Å². The molecule has 0 fully saturated rings. The van der Waals surface area contributed by atoms with Gasteiger partial charge in [0.05, 0.1) is 6.61 Å². The number of aliphatic hydroxyl groups is 1. The van der Waals surface area contributed by atoms with Crippen molar-refractivity contribution in [2.45, 2.75) is 96.8 Å². The van der Waals surface area contributed by atoms with Gasteiger partial charge in [0.25, 0.3) is 0 Å². The van der Waals surface area contributed by atoms with Crippen LogP contribution in [0, 0.1) is 0 Å². The Hall–Kier alpha value is -0.830. The molecule has 0 aliphatic heterocycles. The number of allylic oxidation sites excluding steroid dienone is 2. The fraction of sp³-hybridized carbons (Fsp3) is 0.850. The minimum Gasteiger partial charge on any atom is -0.396 e. The third kappa shape index (κ3) is 19.1. The van der Waals surface area contributed by atoms with E-state index in [9.17, 15) is 4.79 Å². The summed E-state index contributed by atoms with van der Waals surface area (Å²) in [6.07, 6.45) is 21.7. The maximum atomic E-state index is 11.1. The van der Waals surface area contributed by atoms with Gasteiger partial charge in [-0.3, -0.25) is 4.79 Å². The number of unbranched alkanes of at least 4 members (excludes halogenated alkanes) is 11. The van der Waals surface area contributed by atoms with Gasteiger partial charge in [-0.25, -0.2) is 0 Å². The Morgan fingerprint density at radius 1 is 0.826 bits per heavy atom. The summed E-state index contributed by atoms with van der Waals surface area (Å²) in [5, 5.41) is 11.4. The monoisotopic (exact) mass is 325 g/mol. The minimum absolute atomic E-state index is 0.0389. The predicted molar refractivity (Wildman–Crippen MR) is 99.5 cm³/mol. The molecule has 136 valence electrons. The molecule has 0 atom stereocenters. The number of hydrogen-bond donors (Lipinski definition) is 2. The summed E-state index contributed by atoms with van der Waals surface area (Å²) in [5.74, 6) is -0.0389. The molecule has 0 saturated heterocycles. The zero-order valence-corrected chi connectivity index (χ0v) is 15.3. The van der Waals surface area contributed by atoms with Gasteiger partial charge < -0.3 is 10.4 Å². The van der Waals surface area contributed by atoms with Crippen LogP contribution in [0.1, 0.15) is 96.8 Å². The van der Waals surface area contributed by atoms with E-state index >= 15 is 0 Å². The average Bonchev–Trinajstić information content (AvgIpc) is 2.54. The summed E-state index contributed by atoms with van der Waals surface area (Å²) in [6, 6.07) is 0. The topological polar surface area (TPSA) is 49.3 Å². The van der Waals surface area contributed by atoms with Crippen LogP contribution >= 0.6 is 0 Å². The summed E-state index contributed by atoms with van der Waals surface area (Å²) in [7, 11) is 0. The van der Waals surface area contributed by atoms with E-state index in [1.54, 1.807) is 0 Å². The Kier molecular flexibility index (Phi) is 18.5. The molecule has 2 N–H and O–H groups in total. The van der Waals surface area contributed by atoms with Gasteiger partial charge in [0.2, 0.25) is 5.91 Å². The number of rotatable bonds is 17. The van der Waals surface area contributed by atoms with Crippen molar-refractivity contribution in [3.8, 4) is 0 Å². The maximum Gasteiger partial charge on any atom is 0.222 e. The molecule has 0 radical (unpaired) electrons. The lowest BCUT2D eigenvalue weighted by Gasteiger charge is -2.03. The molecule has 0 heterocycles. The number of carbonyl (C=O) groups is 1. The first-order chi connectivity index (χ1) is 11.3. The summed E-state index contributed by atoms with van der Waals surface area (Å²) in [5.41, 5.74) is 0. The number of carbonyl (C=O) groups excluding carboxylic acids is 1. The lowest BCUT2D eigenvalue weighted by molar-refractivity contribution is -0.121. The second-order valence-corrected chi connectivity index (χ2v) is 6.41. The fourth-order valence-corrected chi connectivity index (χ4v) is 2.61.